The molecule has 0 radical (unpaired) electrons. The lowest BCUT2D eigenvalue weighted by atomic mass is 10.1. The van der Waals surface area contributed by atoms with Crippen molar-refractivity contribution in [2.24, 2.45) is 0 Å². The van der Waals surface area contributed by atoms with Gasteiger partial charge in [-0.3, -0.25) is 9.78 Å². The first-order chi connectivity index (χ1) is 11.2. The van der Waals surface area contributed by atoms with Crippen LogP contribution in [-0.4, -0.2) is 19.6 Å². The Labute approximate surface area is 135 Å². The van der Waals surface area contributed by atoms with Crippen LogP contribution in [0.25, 0.3) is 22.4 Å². The van der Waals surface area contributed by atoms with E-state index in [0.29, 0.717) is 15.3 Å². The molecule has 5 nitrogen and oxygen atoms in total. The molecular formula is C17H12N4OS. The highest BCUT2D eigenvalue weighted by Crippen LogP contribution is 2.15. The maximum Gasteiger partial charge on any atom is 0.291 e. The van der Waals surface area contributed by atoms with Gasteiger partial charge in [-0.05, 0) is 30.7 Å². The molecule has 0 aliphatic heterocycles. The van der Waals surface area contributed by atoms with Crippen LogP contribution in [0, 0.1) is 6.92 Å². The summed E-state index contributed by atoms with van der Waals surface area (Å²) in [5.41, 5.74) is 2.89. The van der Waals surface area contributed by atoms with Crippen molar-refractivity contribution in [2.45, 2.75) is 6.92 Å². The van der Waals surface area contributed by atoms with E-state index < -0.39 is 0 Å². The van der Waals surface area contributed by atoms with Crippen LogP contribution in [0.3, 0.4) is 0 Å². The van der Waals surface area contributed by atoms with Gasteiger partial charge in [0.1, 0.15) is 0 Å². The van der Waals surface area contributed by atoms with E-state index in [1.807, 2.05) is 49.4 Å². The molecule has 3 aromatic heterocycles. The Morgan fingerprint density at radius 1 is 1.09 bits per heavy atom. The van der Waals surface area contributed by atoms with E-state index in [1.54, 1.807) is 12.4 Å². The first kappa shape index (κ1) is 13.8. The molecule has 0 aliphatic rings. The Balaban J connectivity index is 1.82. The number of hydrogen-bond acceptors (Lipinski definition) is 5. The van der Waals surface area contributed by atoms with Crippen LogP contribution in [0.4, 0.5) is 0 Å². The molecule has 4 aromatic rings. The summed E-state index contributed by atoms with van der Waals surface area (Å²) >= 11 is 1.34. The first-order valence-corrected chi connectivity index (χ1v) is 7.91. The van der Waals surface area contributed by atoms with Crippen LogP contribution in [0.1, 0.15) is 11.1 Å². The predicted molar refractivity (Wildman–Crippen MR) is 90.3 cm³/mol. The molecular weight excluding hydrogens is 308 g/mol. The predicted octanol–water partition coefficient (Wildman–Crippen LogP) is 2.07. The molecule has 3 heterocycles. The summed E-state index contributed by atoms with van der Waals surface area (Å²) in [6.45, 7) is 2.03. The van der Waals surface area contributed by atoms with Crippen molar-refractivity contribution in [3.63, 3.8) is 0 Å². The SMILES string of the molecule is Cc1ccc(/C=c2\sc3nc(-c4ccncc4)nn3c2=O)cc1. The molecule has 0 unspecified atom stereocenters. The van der Waals surface area contributed by atoms with Crippen LogP contribution >= 0.6 is 11.3 Å². The first-order valence-electron chi connectivity index (χ1n) is 7.09. The summed E-state index contributed by atoms with van der Waals surface area (Å²) in [6.07, 6.45) is 5.23. The van der Waals surface area contributed by atoms with Crippen molar-refractivity contribution >= 4 is 22.4 Å². The largest absolute Gasteiger partial charge is 0.291 e. The summed E-state index contributed by atoms with van der Waals surface area (Å²) < 4.78 is 1.99. The number of aryl methyl sites for hydroxylation is 1. The zero-order chi connectivity index (χ0) is 15.8. The van der Waals surface area contributed by atoms with Crippen molar-refractivity contribution in [3.05, 3.63) is 74.8 Å². The molecule has 0 spiro atoms. The summed E-state index contributed by atoms with van der Waals surface area (Å²) in [5.74, 6) is 0.539. The molecule has 0 fully saturated rings. The van der Waals surface area contributed by atoms with Gasteiger partial charge in [0.05, 0.1) is 4.53 Å². The molecule has 112 valence electrons. The van der Waals surface area contributed by atoms with Crippen LogP contribution in [-0.2, 0) is 0 Å². The van der Waals surface area contributed by atoms with E-state index in [2.05, 4.69) is 15.1 Å². The maximum absolute atomic E-state index is 12.5. The monoisotopic (exact) mass is 320 g/mol. The summed E-state index contributed by atoms with van der Waals surface area (Å²) in [7, 11) is 0. The molecule has 23 heavy (non-hydrogen) atoms. The van der Waals surface area contributed by atoms with Gasteiger partial charge in [0.25, 0.3) is 5.56 Å². The molecule has 0 saturated carbocycles. The fourth-order valence-corrected chi connectivity index (χ4v) is 3.18. The van der Waals surface area contributed by atoms with Gasteiger partial charge in [0.15, 0.2) is 5.82 Å². The van der Waals surface area contributed by atoms with Crippen LogP contribution in [0.15, 0.2) is 53.6 Å². The summed E-state index contributed by atoms with van der Waals surface area (Å²) in [5, 5.41) is 4.31. The van der Waals surface area contributed by atoms with Crippen molar-refractivity contribution in [3.8, 4) is 11.4 Å². The van der Waals surface area contributed by atoms with Crippen molar-refractivity contribution in [1.29, 1.82) is 0 Å². The number of benzene rings is 1. The van der Waals surface area contributed by atoms with Gasteiger partial charge in [0.2, 0.25) is 4.96 Å². The molecule has 6 heteroatoms. The van der Waals surface area contributed by atoms with E-state index in [0.717, 1.165) is 11.1 Å². The van der Waals surface area contributed by atoms with Gasteiger partial charge in [-0.1, -0.05) is 41.2 Å². The summed E-state index contributed by atoms with van der Waals surface area (Å²) in [6, 6.07) is 11.7. The van der Waals surface area contributed by atoms with Gasteiger partial charge in [-0.15, -0.1) is 5.10 Å². The molecule has 0 atom stereocenters. The highest BCUT2D eigenvalue weighted by atomic mass is 32.1. The Hall–Kier alpha value is -2.86. The standard InChI is InChI=1S/C17H12N4OS/c1-11-2-4-12(5-3-11)10-14-16(22)21-17(23-14)19-15(20-21)13-6-8-18-9-7-13/h2-10H,1H3/b14-10-. The average molecular weight is 320 g/mol. The fourth-order valence-electron chi connectivity index (χ4n) is 2.27. The normalized spacial score (nSPS) is 12.1. The topological polar surface area (TPSA) is 60.1 Å². The third kappa shape index (κ3) is 2.53. The number of rotatable bonds is 2. The molecule has 0 amide bonds. The number of fused-ring (bicyclic) bond motifs is 1. The molecule has 0 aliphatic carbocycles. The molecule has 0 N–H and O–H groups in total. The molecule has 0 saturated heterocycles. The maximum atomic E-state index is 12.5. The molecule has 4 rings (SSSR count). The molecule has 1 aromatic carbocycles. The lowest BCUT2D eigenvalue weighted by Crippen LogP contribution is -2.23. The van der Waals surface area contributed by atoms with E-state index in [-0.39, 0.29) is 5.56 Å². The Morgan fingerprint density at radius 3 is 2.52 bits per heavy atom. The zero-order valence-corrected chi connectivity index (χ0v) is 13.1. The number of aromatic nitrogens is 4. The minimum absolute atomic E-state index is 0.140. The number of pyridine rings is 1. The van der Waals surface area contributed by atoms with Gasteiger partial charge >= 0.3 is 0 Å². The van der Waals surface area contributed by atoms with Gasteiger partial charge in [-0.2, -0.15) is 9.50 Å². The van der Waals surface area contributed by atoms with Crippen LogP contribution in [0.2, 0.25) is 0 Å². The third-order valence-corrected chi connectivity index (χ3v) is 4.45. The fraction of sp³-hybridized carbons (Fsp3) is 0.0588. The minimum Gasteiger partial charge on any atom is -0.266 e. The van der Waals surface area contributed by atoms with Crippen LogP contribution in [0.5, 0.6) is 0 Å². The zero-order valence-electron chi connectivity index (χ0n) is 12.3. The summed E-state index contributed by atoms with van der Waals surface area (Å²) in [4.78, 5) is 21.5. The van der Waals surface area contributed by atoms with E-state index >= 15 is 0 Å². The van der Waals surface area contributed by atoms with Crippen molar-refractivity contribution in [2.75, 3.05) is 0 Å². The third-order valence-electron chi connectivity index (χ3n) is 3.50. The Morgan fingerprint density at radius 2 is 1.83 bits per heavy atom. The van der Waals surface area contributed by atoms with Gasteiger partial charge < -0.3 is 0 Å². The van der Waals surface area contributed by atoms with E-state index in [4.69, 9.17) is 0 Å². The van der Waals surface area contributed by atoms with Gasteiger partial charge in [0, 0.05) is 18.0 Å². The van der Waals surface area contributed by atoms with E-state index in [9.17, 15) is 4.79 Å². The van der Waals surface area contributed by atoms with Gasteiger partial charge in [-0.25, -0.2) is 0 Å². The Kier molecular flexibility index (Phi) is 3.24. The molecule has 0 bridgehead atoms. The minimum atomic E-state index is -0.140. The second-order valence-electron chi connectivity index (χ2n) is 5.19. The second kappa shape index (κ2) is 5.40. The van der Waals surface area contributed by atoms with E-state index in [1.165, 1.54) is 21.4 Å². The highest BCUT2D eigenvalue weighted by molar-refractivity contribution is 7.15. The van der Waals surface area contributed by atoms with Crippen LogP contribution < -0.4 is 10.1 Å². The second-order valence-corrected chi connectivity index (χ2v) is 6.20. The lowest BCUT2D eigenvalue weighted by Gasteiger charge is -1.93. The quantitative estimate of drug-likeness (QED) is 0.567. The smallest absolute Gasteiger partial charge is 0.266 e. The average Bonchev–Trinajstić information content (AvgIpc) is 3.11. The highest BCUT2D eigenvalue weighted by Gasteiger charge is 2.11. The number of thiazole rings is 1. The number of nitrogens with zero attached hydrogens (tertiary/aromatic N) is 4. The Bertz CT molecular complexity index is 1080. The lowest BCUT2D eigenvalue weighted by molar-refractivity contribution is 0.936. The van der Waals surface area contributed by atoms with Crippen molar-refractivity contribution < 1.29 is 0 Å². The van der Waals surface area contributed by atoms with Crippen molar-refractivity contribution in [1.82, 2.24) is 19.6 Å². The number of hydrogen-bond donors (Lipinski definition) is 0.